The van der Waals surface area contributed by atoms with E-state index < -0.39 is 0 Å². The average Bonchev–Trinajstić information content (AvgIpc) is 2.88. The number of carbonyl (C=O) groups excluding carboxylic acids is 2. The van der Waals surface area contributed by atoms with Gasteiger partial charge in [-0.3, -0.25) is 14.5 Å². The number of methoxy groups -OCH3 is 1. The van der Waals surface area contributed by atoms with Crippen LogP contribution >= 0.6 is 0 Å². The Morgan fingerprint density at radius 2 is 1.97 bits per heavy atom. The number of hydrogen-bond acceptors (Lipinski definition) is 5. The highest BCUT2D eigenvalue weighted by molar-refractivity contribution is 5.81. The van der Waals surface area contributed by atoms with Crippen molar-refractivity contribution < 1.29 is 19.1 Å². The molecule has 2 aliphatic heterocycles. The van der Waals surface area contributed by atoms with Crippen LogP contribution < -0.4 is 14.8 Å². The topological polar surface area (TPSA) is 71.1 Å². The highest BCUT2D eigenvalue weighted by Crippen LogP contribution is 2.23. The maximum atomic E-state index is 13.4. The normalized spacial score (nSPS) is 19.7. The third kappa shape index (κ3) is 7.21. The highest BCUT2D eigenvalue weighted by atomic mass is 16.5. The number of fused-ring (bicyclic) bond motifs is 3. The summed E-state index contributed by atoms with van der Waals surface area (Å²) in [5, 5.41) is 2.98. The lowest BCUT2D eigenvalue weighted by Gasteiger charge is -2.37. The SMILES string of the molecule is COc1ccccc1CNC(=O)CN1CCCOc2cccc(c2)CCC2CCCCN2C(=O)C1. The van der Waals surface area contributed by atoms with Gasteiger partial charge in [0, 0.05) is 31.2 Å². The number of rotatable bonds is 5. The molecule has 188 valence electrons. The first kappa shape index (κ1) is 25.0. The lowest BCUT2D eigenvalue weighted by atomic mass is 9.95. The van der Waals surface area contributed by atoms with E-state index in [2.05, 4.69) is 22.3 Å². The third-order valence-corrected chi connectivity index (χ3v) is 6.89. The smallest absolute Gasteiger partial charge is 0.237 e. The van der Waals surface area contributed by atoms with Crippen LogP contribution in [0.1, 0.15) is 43.2 Å². The fourth-order valence-corrected chi connectivity index (χ4v) is 5.03. The molecule has 7 heteroatoms. The maximum Gasteiger partial charge on any atom is 0.237 e. The Morgan fingerprint density at radius 1 is 1.09 bits per heavy atom. The molecule has 1 atom stereocenters. The molecule has 0 radical (unpaired) electrons. The summed E-state index contributed by atoms with van der Waals surface area (Å²) in [4.78, 5) is 30.2. The number of carbonyl (C=O) groups is 2. The Morgan fingerprint density at radius 3 is 2.86 bits per heavy atom. The van der Waals surface area contributed by atoms with Crippen molar-refractivity contribution in [2.45, 2.75) is 51.1 Å². The van der Waals surface area contributed by atoms with Crippen molar-refractivity contribution in [3.8, 4) is 11.5 Å². The zero-order chi connectivity index (χ0) is 24.5. The molecule has 0 aliphatic carbocycles. The second-order valence-electron chi connectivity index (χ2n) is 9.42. The minimum Gasteiger partial charge on any atom is -0.496 e. The molecule has 0 spiro atoms. The van der Waals surface area contributed by atoms with E-state index >= 15 is 0 Å². The van der Waals surface area contributed by atoms with Gasteiger partial charge in [-0.1, -0.05) is 30.3 Å². The molecular formula is C28H37N3O4. The molecule has 2 aliphatic rings. The van der Waals surface area contributed by atoms with E-state index in [4.69, 9.17) is 9.47 Å². The maximum absolute atomic E-state index is 13.4. The van der Waals surface area contributed by atoms with Crippen LogP contribution in [0.4, 0.5) is 0 Å². The number of amides is 2. The van der Waals surface area contributed by atoms with Crippen LogP contribution in [0.15, 0.2) is 48.5 Å². The van der Waals surface area contributed by atoms with E-state index in [9.17, 15) is 9.59 Å². The molecule has 0 aromatic heterocycles. The average molecular weight is 480 g/mol. The lowest BCUT2D eigenvalue weighted by Crippen LogP contribution is -2.50. The molecule has 1 unspecified atom stereocenters. The van der Waals surface area contributed by atoms with Crippen molar-refractivity contribution in [3.63, 3.8) is 0 Å². The molecule has 0 saturated carbocycles. The van der Waals surface area contributed by atoms with Crippen LogP contribution in [0, 0.1) is 0 Å². The van der Waals surface area contributed by atoms with E-state index in [1.807, 2.05) is 41.3 Å². The fourth-order valence-electron chi connectivity index (χ4n) is 5.03. The summed E-state index contributed by atoms with van der Waals surface area (Å²) in [6.07, 6.45) is 5.87. The Labute approximate surface area is 208 Å². The van der Waals surface area contributed by atoms with Gasteiger partial charge < -0.3 is 19.7 Å². The van der Waals surface area contributed by atoms with Crippen LogP contribution in [0.5, 0.6) is 11.5 Å². The van der Waals surface area contributed by atoms with Gasteiger partial charge in [0.2, 0.25) is 11.8 Å². The van der Waals surface area contributed by atoms with Gasteiger partial charge in [0.25, 0.3) is 0 Å². The van der Waals surface area contributed by atoms with E-state index in [0.29, 0.717) is 19.7 Å². The van der Waals surface area contributed by atoms with E-state index in [0.717, 1.165) is 62.1 Å². The number of para-hydroxylation sites is 1. The second-order valence-corrected chi connectivity index (χ2v) is 9.42. The molecule has 4 rings (SSSR count). The van der Waals surface area contributed by atoms with Gasteiger partial charge in [-0.2, -0.15) is 0 Å². The standard InChI is InChI=1S/C28H37N3O4/c1-34-26-12-3-2-9-23(26)19-29-27(32)20-30-15-7-17-35-25-11-6-8-22(18-25)13-14-24-10-4-5-16-31(24)28(33)21-30/h2-3,6,8-9,11-12,18,24H,4-5,7,10,13-17,19-21H2,1H3,(H,29,32). The molecular weight excluding hydrogens is 442 g/mol. The fraction of sp³-hybridized carbons (Fsp3) is 0.500. The molecule has 1 fully saturated rings. The first-order chi connectivity index (χ1) is 17.1. The molecule has 1 saturated heterocycles. The molecule has 1 N–H and O–H groups in total. The van der Waals surface area contributed by atoms with E-state index in [1.165, 1.54) is 5.56 Å². The Hall–Kier alpha value is -3.06. The predicted octanol–water partition coefficient (Wildman–Crippen LogP) is 3.41. The van der Waals surface area contributed by atoms with Crippen molar-refractivity contribution in [1.29, 1.82) is 0 Å². The molecule has 2 aromatic carbocycles. The van der Waals surface area contributed by atoms with Crippen molar-refractivity contribution in [3.05, 3.63) is 59.7 Å². The zero-order valence-electron chi connectivity index (χ0n) is 20.7. The lowest BCUT2D eigenvalue weighted by molar-refractivity contribution is -0.136. The number of piperidine rings is 1. The van der Waals surface area contributed by atoms with Gasteiger partial charge in [-0.15, -0.1) is 0 Å². The molecule has 2 aromatic rings. The van der Waals surface area contributed by atoms with Crippen LogP contribution in [0.25, 0.3) is 0 Å². The zero-order valence-corrected chi connectivity index (χ0v) is 20.7. The minimum atomic E-state index is -0.103. The number of nitrogens with one attached hydrogen (secondary N) is 1. The van der Waals surface area contributed by atoms with Gasteiger partial charge in [-0.25, -0.2) is 0 Å². The summed E-state index contributed by atoms with van der Waals surface area (Å²) < 4.78 is 11.4. The van der Waals surface area contributed by atoms with Gasteiger partial charge in [0.15, 0.2) is 0 Å². The summed E-state index contributed by atoms with van der Waals surface area (Å²) >= 11 is 0. The van der Waals surface area contributed by atoms with Crippen LogP contribution in [-0.4, -0.2) is 67.6 Å². The highest BCUT2D eigenvalue weighted by Gasteiger charge is 2.28. The van der Waals surface area contributed by atoms with Crippen molar-refractivity contribution in [1.82, 2.24) is 15.1 Å². The summed E-state index contributed by atoms with van der Waals surface area (Å²) in [6, 6.07) is 16.2. The molecule has 2 bridgehead atoms. The third-order valence-electron chi connectivity index (χ3n) is 6.89. The van der Waals surface area contributed by atoms with Gasteiger partial charge >= 0.3 is 0 Å². The number of hydrogen-bond donors (Lipinski definition) is 1. The molecule has 35 heavy (non-hydrogen) atoms. The van der Waals surface area contributed by atoms with Crippen molar-refractivity contribution in [2.24, 2.45) is 0 Å². The quantitative estimate of drug-likeness (QED) is 0.712. The largest absolute Gasteiger partial charge is 0.496 e. The minimum absolute atomic E-state index is 0.103. The second kappa shape index (κ2) is 12.6. The van der Waals surface area contributed by atoms with Gasteiger partial charge in [-0.05, 0) is 62.3 Å². The Balaban J connectivity index is 1.42. The molecule has 7 nitrogen and oxygen atoms in total. The first-order valence-corrected chi connectivity index (χ1v) is 12.7. The van der Waals surface area contributed by atoms with Crippen molar-refractivity contribution in [2.75, 3.05) is 39.9 Å². The summed E-state index contributed by atoms with van der Waals surface area (Å²) in [5.41, 5.74) is 2.18. The van der Waals surface area contributed by atoms with E-state index in [1.54, 1.807) is 7.11 Å². The Bertz CT molecular complexity index is 996. The van der Waals surface area contributed by atoms with Crippen LogP contribution in [0.3, 0.4) is 0 Å². The molecule has 2 heterocycles. The van der Waals surface area contributed by atoms with Gasteiger partial charge in [0.1, 0.15) is 11.5 Å². The van der Waals surface area contributed by atoms with Crippen molar-refractivity contribution >= 4 is 11.8 Å². The van der Waals surface area contributed by atoms with E-state index in [-0.39, 0.29) is 30.9 Å². The number of nitrogens with zero attached hydrogens (tertiary/aromatic N) is 2. The number of aryl methyl sites for hydroxylation is 1. The Kier molecular flexibility index (Phi) is 9.01. The number of benzene rings is 2. The summed E-state index contributed by atoms with van der Waals surface area (Å²) in [7, 11) is 1.62. The predicted molar refractivity (Wildman–Crippen MR) is 136 cm³/mol. The molecule has 2 amide bonds. The van der Waals surface area contributed by atoms with Crippen LogP contribution in [-0.2, 0) is 22.6 Å². The summed E-state index contributed by atoms with van der Waals surface area (Å²) in [6.45, 7) is 2.78. The summed E-state index contributed by atoms with van der Waals surface area (Å²) in [5.74, 6) is 1.66. The monoisotopic (exact) mass is 479 g/mol. The van der Waals surface area contributed by atoms with Crippen LogP contribution in [0.2, 0.25) is 0 Å². The first-order valence-electron chi connectivity index (χ1n) is 12.7. The van der Waals surface area contributed by atoms with Gasteiger partial charge in [0.05, 0.1) is 26.8 Å². The number of ether oxygens (including phenoxy) is 2.